The second-order valence-electron chi connectivity index (χ2n) is 6.33. The molecule has 27 heavy (non-hydrogen) atoms. The number of aromatic nitrogens is 1. The fourth-order valence-corrected chi connectivity index (χ4v) is 2.48. The van der Waals surface area contributed by atoms with Crippen LogP contribution in [0.3, 0.4) is 0 Å². The molecule has 1 heterocycles. The second-order valence-corrected chi connectivity index (χ2v) is 6.33. The molecule has 0 fully saturated rings. The van der Waals surface area contributed by atoms with Gasteiger partial charge in [-0.3, -0.25) is 4.79 Å². The van der Waals surface area contributed by atoms with E-state index in [0.717, 1.165) is 16.5 Å². The Morgan fingerprint density at radius 3 is 2.33 bits per heavy atom. The van der Waals surface area contributed by atoms with Crippen LogP contribution in [0.5, 0.6) is 0 Å². The number of carbonyl (C=O) groups is 2. The Morgan fingerprint density at radius 2 is 1.70 bits per heavy atom. The minimum atomic E-state index is -0.972. The average molecular weight is 368 g/mol. The summed E-state index contributed by atoms with van der Waals surface area (Å²) in [6.45, 7) is 3.67. The summed E-state index contributed by atoms with van der Waals surface area (Å²) in [6, 6.07) is 15.9. The Balaban J connectivity index is 0.000000199. The molecule has 0 spiro atoms. The zero-order valence-electron chi connectivity index (χ0n) is 15.4. The highest BCUT2D eigenvalue weighted by Crippen LogP contribution is 2.18. The summed E-state index contributed by atoms with van der Waals surface area (Å²) in [7, 11) is 0. The van der Waals surface area contributed by atoms with Gasteiger partial charge in [-0.05, 0) is 37.6 Å². The molecule has 142 valence electrons. The van der Waals surface area contributed by atoms with Gasteiger partial charge in [0, 0.05) is 23.5 Å². The van der Waals surface area contributed by atoms with E-state index in [1.54, 1.807) is 12.1 Å². The maximum Gasteiger partial charge on any atom is 0.338 e. The van der Waals surface area contributed by atoms with Gasteiger partial charge in [-0.1, -0.05) is 36.4 Å². The topological polar surface area (TPSA) is 105 Å². The fraction of sp³-hybridized carbons (Fsp3) is 0.238. The summed E-state index contributed by atoms with van der Waals surface area (Å²) < 4.78 is 5.00. The molecule has 0 bridgehead atoms. The van der Waals surface area contributed by atoms with E-state index in [0.29, 0.717) is 12.0 Å². The van der Waals surface area contributed by atoms with Gasteiger partial charge >= 0.3 is 11.9 Å². The van der Waals surface area contributed by atoms with E-state index in [1.807, 2.05) is 62.5 Å². The van der Waals surface area contributed by atoms with Crippen molar-refractivity contribution in [3.8, 4) is 0 Å². The number of carbonyl (C=O) groups excluding carboxylic acids is 1. The number of para-hydroxylation sites is 1. The molecule has 0 aliphatic rings. The third kappa shape index (κ3) is 5.97. The van der Waals surface area contributed by atoms with Crippen molar-refractivity contribution in [2.75, 3.05) is 0 Å². The molecule has 0 radical (unpaired) electrons. The number of hydrogen-bond donors (Lipinski definition) is 3. The van der Waals surface area contributed by atoms with Crippen molar-refractivity contribution in [1.29, 1.82) is 0 Å². The van der Waals surface area contributed by atoms with Gasteiger partial charge in [-0.25, -0.2) is 4.79 Å². The van der Waals surface area contributed by atoms with Crippen molar-refractivity contribution in [1.82, 2.24) is 4.98 Å². The van der Waals surface area contributed by atoms with Crippen LogP contribution < -0.4 is 5.73 Å². The summed E-state index contributed by atoms with van der Waals surface area (Å²) in [5, 5.41) is 9.75. The maximum absolute atomic E-state index is 11.2. The lowest BCUT2D eigenvalue weighted by atomic mass is 10.1. The number of rotatable bonds is 5. The van der Waals surface area contributed by atoms with Crippen molar-refractivity contribution in [2.24, 2.45) is 5.73 Å². The Kier molecular flexibility index (Phi) is 7.14. The molecule has 6 nitrogen and oxygen atoms in total. The molecule has 1 unspecified atom stereocenters. The molecular formula is C21H24N2O4. The summed E-state index contributed by atoms with van der Waals surface area (Å²) in [4.78, 5) is 24.9. The lowest BCUT2D eigenvalue weighted by Gasteiger charge is -2.06. The van der Waals surface area contributed by atoms with Gasteiger partial charge in [0.2, 0.25) is 0 Å². The highest BCUT2D eigenvalue weighted by atomic mass is 16.5. The van der Waals surface area contributed by atoms with E-state index in [-0.39, 0.29) is 12.1 Å². The van der Waals surface area contributed by atoms with Gasteiger partial charge in [0.25, 0.3) is 0 Å². The normalized spacial score (nSPS) is 11.6. The van der Waals surface area contributed by atoms with Gasteiger partial charge in [-0.2, -0.15) is 0 Å². The number of aromatic amines is 1. The van der Waals surface area contributed by atoms with Crippen LogP contribution in [-0.2, 0) is 16.0 Å². The van der Waals surface area contributed by atoms with Crippen LogP contribution in [0.2, 0.25) is 0 Å². The highest BCUT2D eigenvalue weighted by Gasteiger charge is 2.14. The Hall–Kier alpha value is -3.12. The van der Waals surface area contributed by atoms with Crippen LogP contribution in [0, 0.1) is 0 Å². The first-order valence-corrected chi connectivity index (χ1v) is 8.68. The van der Waals surface area contributed by atoms with Gasteiger partial charge < -0.3 is 20.6 Å². The Morgan fingerprint density at radius 1 is 1.07 bits per heavy atom. The number of ether oxygens (including phenoxy) is 1. The first-order valence-electron chi connectivity index (χ1n) is 8.68. The van der Waals surface area contributed by atoms with Crippen LogP contribution in [-0.4, -0.2) is 34.2 Å². The molecular weight excluding hydrogens is 344 g/mol. The zero-order chi connectivity index (χ0) is 19.8. The monoisotopic (exact) mass is 368 g/mol. The van der Waals surface area contributed by atoms with Gasteiger partial charge in [-0.15, -0.1) is 0 Å². The van der Waals surface area contributed by atoms with Gasteiger partial charge in [0.15, 0.2) is 0 Å². The lowest BCUT2D eigenvalue weighted by Crippen LogP contribution is -2.32. The zero-order valence-corrected chi connectivity index (χ0v) is 15.4. The van der Waals surface area contributed by atoms with Crippen LogP contribution in [0.1, 0.15) is 29.8 Å². The van der Waals surface area contributed by atoms with Crippen LogP contribution in [0.15, 0.2) is 60.8 Å². The molecule has 0 aliphatic carbocycles. The van der Waals surface area contributed by atoms with Gasteiger partial charge in [0.05, 0.1) is 11.7 Å². The minimum absolute atomic E-state index is 0.0577. The van der Waals surface area contributed by atoms with E-state index in [9.17, 15) is 9.59 Å². The molecule has 1 atom stereocenters. The van der Waals surface area contributed by atoms with E-state index < -0.39 is 12.0 Å². The first kappa shape index (κ1) is 20.2. The molecule has 3 aromatic rings. The molecule has 0 aliphatic heterocycles. The summed E-state index contributed by atoms with van der Waals surface area (Å²) in [5.41, 5.74) is 8.04. The van der Waals surface area contributed by atoms with E-state index >= 15 is 0 Å². The average Bonchev–Trinajstić information content (AvgIpc) is 3.05. The molecule has 4 N–H and O–H groups in total. The summed E-state index contributed by atoms with van der Waals surface area (Å²) in [6.07, 6.45) is 2.10. The van der Waals surface area contributed by atoms with E-state index in [1.165, 1.54) is 0 Å². The first-order chi connectivity index (χ1) is 12.9. The van der Waals surface area contributed by atoms with Crippen molar-refractivity contribution in [3.05, 3.63) is 71.9 Å². The largest absolute Gasteiger partial charge is 0.480 e. The quantitative estimate of drug-likeness (QED) is 0.599. The number of hydrogen-bond acceptors (Lipinski definition) is 4. The predicted molar refractivity (Wildman–Crippen MR) is 105 cm³/mol. The number of carboxylic acids is 1. The fourth-order valence-electron chi connectivity index (χ4n) is 2.48. The number of carboxylic acid groups (broad SMARTS) is 1. The number of esters is 1. The summed E-state index contributed by atoms with van der Waals surface area (Å²) in [5.74, 6) is -1.23. The van der Waals surface area contributed by atoms with E-state index in [4.69, 9.17) is 15.6 Å². The predicted octanol–water partition coefficient (Wildman–Crippen LogP) is 3.37. The van der Waals surface area contributed by atoms with Crippen LogP contribution >= 0.6 is 0 Å². The molecule has 6 heteroatoms. The molecule has 1 aromatic heterocycles. The standard InChI is InChI=1S/C11H12N2O2.C10H12O2/c12-9(11(14)15)5-7-6-13-10-4-2-1-3-8(7)10;1-8(2)12-10(11)9-6-4-3-5-7-9/h1-4,6,9,13H,5,12H2,(H,14,15);3-8H,1-2H3. The number of nitrogens with two attached hydrogens (primary N) is 1. The van der Waals surface area contributed by atoms with Crippen LogP contribution in [0.4, 0.5) is 0 Å². The SMILES string of the molecule is CC(C)OC(=O)c1ccccc1.NC(Cc1c[nH]c2ccccc12)C(=O)O. The molecule has 2 aromatic carbocycles. The Labute approximate surface area is 158 Å². The van der Waals surface area contributed by atoms with Gasteiger partial charge in [0.1, 0.15) is 6.04 Å². The minimum Gasteiger partial charge on any atom is -0.480 e. The number of benzene rings is 2. The summed E-state index contributed by atoms with van der Waals surface area (Å²) >= 11 is 0. The maximum atomic E-state index is 11.2. The molecule has 0 amide bonds. The van der Waals surface area contributed by atoms with Crippen molar-refractivity contribution < 1.29 is 19.4 Å². The van der Waals surface area contributed by atoms with Crippen molar-refractivity contribution in [2.45, 2.75) is 32.4 Å². The van der Waals surface area contributed by atoms with Crippen LogP contribution in [0.25, 0.3) is 10.9 Å². The third-order valence-corrected chi connectivity index (χ3v) is 3.78. The van der Waals surface area contributed by atoms with Crippen molar-refractivity contribution >= 4 is 22.8 Å². The number of fused-ring (bicyclic) bond motifs is 1. The number of nitrogens with one attached hydrogen (secondary N) is 1. The molecule has 0 saturated carbocycles. The lowest BCUT2D eigenvalue weighted by molar-refractivity contribution is -0.138. The van der Waals surface area contributed by atoms with Crippen molar-refractivity contribution in [3.63, 3.8) is 0 Å². The third-order valence-electron chi connectivity index (χ3n) is 3.78. The smallest absolute Gasteiger partial charge is 0.338 e. The number of aliphatic carboxylic acids is 1. The highest BCUT2D eigenvalue weighted by molar-refractivity contribution is 5.89. The molecule has 0 saturated heterocycles. The molecule has 3 rings (SSSR count). The number of H-pyrrole nitrogens is 1. The Bertz CT molecular complexity index is 887. The van der Waals surface area contributed by atoms with E-state index in [2.05, 4.69) is 4.98 Å². The second kappa shape index (κ2) is 9.54.